The van der Waals surface area contributed by atoms with Gasteiger partial charge in [0.15, 0.2) is 11.6 Å². The minimum Gasteiger partial charge on any atom is -0.496 e. The van der Waals surface area contributed by atoms with E-state index in [1.54, 1.807) is 19.2 Å². The summed E-state index contributed by atoms with van der Waals surface area (Å²) in [5, 5.41) is 3.01. The number of benzene rings is 2. The van der Waals surface area contributed by atoms with Gasteiger partial charge in [0, 0.05) is 12.1 Å². The number of amides is 1. The number of carbonyl (C=O) groups excluding carboxylic acids is 1. The predicted molar refractivity (Wildman–Crippen MR) is 103 cm³/mol. The predicted octanol–water partition coefficient (Wildman–Crippen LogP) is 3.54. The fourth-order valence-corrected chi connectivity index (χ4v) is 2.87. The van der Waals surface area contributed by atoms with Crippen LogP contribution in [0.4, 0.5) is 4.39 Å². The zero-order valence-electron chi connectivity index (χ0n) is 16.5. The Morgan fingerprint density at radius 3 is 2.41 bits per heavy atom. The van der Waals surface area contributed by atoms with Gasteiger partial charge < -0.3 is 14.8 Å². The maximum absolute atomic E-state index is 13.9. The van der Waals surface area contributed by atoms with Crippen LogP contribution < -0.4 is 14.8 Å². The van der Waals surface area contributed by atoms with Crippen molar-refractivity contribution in [1.29, 1.82) is 0 Å². The summed E-state index contributed by atoms with van der Waals surface area (Å²) in [5.41, 5.74) is 1.69. The standard InChI is InChI=1S/C21H27FN2O3/c1-14(17-8-6-7-9-19(17)26-4)23-21(25)15(2)24(3)13-16-10-11-20(27-5)18(22)12-16/h6-12,14-15H,13H2,1-5H3,(H,23,25). The van der Waals surface area contributed by atoms with Gasteiger partial charge in [-0.3, -0.25) is 9.69 Å². The highest BCUT2D eigenvalue weighted by molar-refractivity contribution is 5.81. The second kappa shape index (κ2) is 9.37. The van der Waals surface area contributed by atoms with Crippen LogP contribution in [0.25, 0.3) is 0 Å². The summed E-state index contributed by atoms with van der Waals surface area (Å²) in [6.07, 6.45) is 0. The summed E-state index contributed by atoms with van der Waals surface area (Å²) in [6.45, 7) is 4.18. The van der Waals surface area contributed by atoms with Crippen LogP contribution >= 0.6 is 0 Å². The molecule has 146 valence electrons. The SMILES string of the molecule is COc1ccc(CN(C)C(C)C(=O)NC(C)c2ccccc2OC)cc1F. The molecule has 1 amide bonds. The van der Waals surface area contributed by atoms with Crippen molar-refractivity contribution in [3.8, 4) is 11.5 Å². The molecule has 27 heavy (non-hydrogen) atoms. The molecule has 0 aromatic heterocycles. The van der Waals surface area contributed by atoms with E-state index >= 15 is 0 Å². The Kier molecular flexibility index (Phi) is 7.19. The summed E-state index contributed by atoms with van der Waals surface area (Å²) >= 11 is 0. The largest absolute Gasteiger partial charge is 0.496 e. The van der Waals surface area contributed by atoms with Crippen molar-refractivity contribution in [2.24, 2.45) is 0 Å². The minimum absolute atomic E-state index is 0.107. The number of hydrogen-bond acceptors (Lipinski definition) is 4. The molecule has 5 nitrogen and oxygen atoms in total. The molecule has 2 aromatic rings. The molecule has 0 bridgehead atoms. The van der Waals surface area contributed by atoms with E-state index < -0.39 is 5.82 Å². The highest BCUT2D eigenvalue weighted by Crippen LogP contribution is 2.24. The molecular weight excluding hydrogens is 347 g/mol. The van der Waals surface area contributed by atoms with Gasteiger partial charge in [0.1, 0.15) is 5.75 Å². The van der Waals surface area contributed by atoms with E-state index in [2.05, 4.69) is 5.32 Å². The Morgan fingerprint density at radius 1 is 1.11 bits per heavy atom. The molecular formula is C21H27FN2O3. The lowest BCUT2D eigenvalue weighted by atomic mass is 10.1. The minimum atomic E-state index is -0.412. The number of nitrogens with one attached hydrogen (secondary N) is 1. The lowest BCUT2D eigenvalue weighted by Crippen LogP contribution is -2.43. The average molecular weight is 374 g/mol. The number of hydrogen-bond donors (Lipinski definition) is 1. The maximum atomic E-state index is 13.9. The monoisotopic (exact) mass is 374 g/mol. The molecule has 1 N–H and O–H groups in total. The summed E-state index contributed by atoms with van der Waals surface area (Å²) in [5.74, 6) is 0.424. The van der Waals surface area contributed by atoms with Crippen molar-refractivity contribution in [2.75, 3.05) is 21.3 Å². The molecule has 0 aliphatic heterocycles. The Balaban J connectivity index is 2.00. The van der Waals surface area contributed by atoms with Gasteiger partial charge in [0.05, 0.1) is 26.3 Å². The quantitative estimate of drug-likeness (QED) is 0.768. The zero-order valence-corrected chi connectivity index (χ0v) is 16.5. The Labute approximate surface area is 160 Å². The zero-order chi connectivity index (χ0) is 20.0. The first-order chi connectivity index (χ1) is 12.9. The van der Waals surface area contributed by atoms with E-state index in [-0.39, 0.29) is 23.7 Å². The second-order valence-electron chi connectivity index (χ2n) is 6.53. The van der Waals surface area contributed by atoms with Crippen LogP contribution in [0.5, 0.6) is 11.5 Å². The number of nitrogens with zero attached hydrogens (tertiary/aromatic N) is 1. The van der Waals surface area contributed by atoms with Crippen LogP contribution in [-0.2, 0) is 11.3 Å². The van der Waals surface area contributed by atoms with Crippen LogP contribution in [0.3, 0.4) is 0 Å². The van der Waals surface area contributed by atoms with Gasteiger partial charge in [-0.1, -0.05) is 24.3 Å². The number of carbonyl (C=O) groups is 1. The topological polar surface area (TPSA) is 50.8 Å². The maximum Gasteiger partial charge on any atom is 0.237 e. The highest BCUT2D eigenvalue weighted by Gasteiger charge is 2.21. The Hall–Kier alpha value is -2.60. The van der Waals surface area contributed by atoms with Crippen molar-refractivity contribution >= 4 is 5.91 Å². The molecule has 2 aromatic carbocycles. The summed E-state index contributed by atoms with van der Waals surface area (Å²) in [7, 11) is 4.87. The van der Waals surface area contributed by atoms with Crippen LogP contribution in [0.1, 0.15) is 31.0 Å². The number of halogens is 1. The number of ether oxygens (including phenoxy) is 2. The fraction of sp³-hybridized carbons (Fsp3) is 0.381. The van der Waals surface area contributed by atoms with Crippen LogP contribution in [0.2, 0.25) is 0 Å². The lowest BCUT2D eigenvalue weighted by molar-refractivity contribution is -0.126. The first-order valence-corrected chi connectivity index (χ1v) is 8.83. The molecule has 2 atom stereocenters. The van der Waals surface area contributed by atoms with Crippen molar-refractivity contribution in [3.63, 3.8) is 0 Å². The molecule has 0 aliphatic carbocycles. The third kappa shape index (κ3) is 5.20. The molecule has 0 saturated carbocycles. The number of rotatable bonds is 8. The highest BCUT2D eigenvalue weighted by atomic mass is 19.1. The third-order valence-electron chi connectivity index (χ3n) is 4.65. The van der Waals surface area contributed by atoms with Crippen LogP contribution in [0.15, 0.2) is 42.5 Å². The normalized spacial score (nSPS) is 13.1. The van der Waals surface area contributed by atoms with Crippen molar-refractivity contribution < 1.29 is 18.7 Å². The van der Waals surface area contributed by atoms with Crippen LogP contribution in [-0.4, -0.2) is 38.1 Å². The number of likely N-dealkylation sites (N-methyl/N-ethyl adjacent to an activating group) is 1. The van der Waals surface area contributed by atoms with Gasteiger partial charge in [-0.2, -0.15) is 0 Å². The van der Waals surface area contributed by atoms with E-state index in [9.17, 15) is 9.18 Å². The summed E-state index contributed by atoms with van der Waals surface area (Å²) < 4.78 is 24.1. The molecule has 0 heterocycles. The van der Waals surface area contributed by atoms with Gasteiger partial charge >= 0.3 is 0 Å². The van der Waals surface area contributed by atoms with E-state index in [0.29, 0.717) is 6.54 Å². The average Bonchev–Trinajstić information content (AvgIpc) is 2.67. The van der Waals surface area contributed by atoms with Gasteiger partial charge in [0.2, 0.25) is 5.91 Å². The van der Waals surface area contributed by atoms with Crippen molar-refractivity contribution in [3.05, 3.63) is 59.4 Å². The van der Waals surface area contributed by atoms with Gasteiger partial charge in [-0.15, -0.1) is 0 Å². The van der Waals surface area contributed by atoms with E-state index in [1.807, 2.05) is 50.1 Å². The molecule has 0 spiro atoms. The fourth-order valence-electron chi connectivity index (χ4n) is 2.87. The van der Waals surface area contributed by atoms with Crippen molar-refractivity contribution in [2.45, 2.75) is 32.5 Å². The molecule has 2 rings (SSSR count). The number of methoxy groups -OCH3 is 2. The molecule has 6 heteroatoms. The van der Waals surface area contributed by atoms with Crippen LogP contribution in [0, 0.1) is 5.82 Å². The first kappa shape index (κ1) is 20.7. The number of para-hydroxylation sites is 1. The van der Waals surface area contributed by atoms with E-state index in [4.69, 9.17) is 9.47 Å². The Morgan fingerprint density at radius 2 is 1.78 bits per heavy atom. The third-order valence-corrected chi connectivity index (χ3v) is 4.65. The van der Waals surface area contributed by atoms with Crippen molar-refractivity contribution in [1.82, 2.24) is 10.2 Å². The first-order valence-electron chi connectivity index (χ1n) is 8.83. The smallest absolute Gasteiger partial charge is 0.237 e. The molecule has 0 aliphatic rings. The summed E-state index contributed by atoms with van der Waals surface area (Å²) in [4.78, 5) is 14.5. The van der Waals surface area contributed by atoms with Gasteiger partial charge in [-0.25, -0.2) is 4.39 Å². The molecule has 2 unspecified atom stereocenters. The Bertz CT molecular complexity index is 782. The molecule has 0 fully saturated rings. The summed E-state index contributed by atoms with van der Waals surface area (Å²) in [6, 6.07) is 11.8. The lowest BCUT2D eigenvalue weighted by Gasteiger charge is -2.26. The van der Waals surface area contributed by atoms with E-state index in [0.717, 1.165) is 16.9 Å². The molecule has 0 radical (unpaired) electrons. The molecule has 0 saturated heterocycles. The second-order valence-corrected chi connectivity index (χ2v) is 6.53. The van der Waals surface area contributed by atoms with Gasteiger partial charge in [0.25, 0.3) is 0 Å². The van der Waals surface area contributed by atoms with E-state index in [1.165, 1.54) is 13.2 Å². The van der Waals surface area contributed by atoms with Gasteiger partial charge in [-0.05, 0) is 44.7 Å².